The van der Waals surface area contributed by atoms with Gasteiger partial charge in [-0.2, -0.15) is 5.10 Å². The Kier molecular flexibility index (Phi) is 12.2. The first-order chi connectivity index (χ1) is 14.7. The minimum absolute atomic E-state index is 0.0694. The van der Waals surface area contributed by atoms with Gasteiger partial charge in [0.05, 0.1) is 5.33 Å². The maximum Gasteiger partial charge on any atom is 0.167 e. The van der Waals surface area contributed by atoms with Gasteiger partial charge in [0.2, 0.25) is 0 Å². The number of nitrogens with zero attached hydrogens (tertiary/aromatic N) is 5. The maximum atomic E-state index is 5.89. The molecule has 0 fully saturated rings. The Morgan fingerprint density at radius 1 is 0.968 bits per heavy atom. The topological polar surface area (TPSA) is 100 Å². The quantitative estimate of drug-likeness (QED) is 0.358. The predicted octanol–water partition coefficient (Wildman–Crippen LogP) is 5.11. The van der Waals surface area contributed by atoms with Crippen LogP contribution >= 0.6 is 39.1 Å². The molecule has 3 rings (SSSR count). The molecular weight excluding hydrogens is 507 g/mol. The fraction of sp³-hybridized carbons (Fsp3) is 0.500. The summed E-state index contributed by atoms with van der Waals surface area (Å²) < 4.78 is 12.0. The molecule has 0 unspecified atom stereocenters. The fourth-order valence-electron chi connectivity index (χ4n) is 2.24. The van der Waals surface area contributed by atoms with E-state index in [1.165, 1.54) is 0 Å². The van der Waals surface area contributed by atoms with E-state index in [9.17, 15) is 0 Å². The van der Waals surface area contributed by atoms with Crippen LogP contribution in [0.1, 0.15) is 36.1 Å². The number of nitrogens with two attached hydrogens (primary N) is 1. The third kappa shape index (κ3) is 8.16. The van der Waals surface area contributed by atoms with Crippen LogP contribution in [-0.2, 0) is 9.47 Å². The van der Waals surface area contributed by atoms with E-state index in [0.29, 0.717) is 29.3 Å². The summed E-state index contributed by atoms with van der Waals surface area (Å²) in [6.45, 7) is 13.0. The lowest BCUT2D eigenvalue weighted by molar-refractivity contribution is -0.119. The average molecular weight is 536 g/mol. The molecule has 31 heavy (non-hydrogen) atoms. The van der Waals surface area contributed by atoms with Crippen LogP contribution in [0, 0.1) is 27.7 Å². The highest BCUT2D eigenvalue weighted by atomic mass is 79.9. The molecule has 0 aromatic carbocycles. The van der Waals surface area contributed by atoms with E-state index in [4.69, 9.17) is 38.4 Å². The summed E-state index contributed by atoms with van der Waals surface area (Å²) in [6, 6.07) is 0. The number of halogens is 3. The monoisotopic (exact) mass is 534 g/mol. The Morgan fingerprint density at radius 2 is 1.55 bits per heavy atom. The fourth-order valence-corrected chi connectivity index (χ4v) is 3.02. The van der Waals surface area contributed by atoms with Crippen molar-refractivity contribution in [1.29, 1.82) is 0 Å². The molecule has 3 heterocycles. The SMILES string of the molecule is CCOC(CBr)OCC.Cc1c(Cl)nn2ccnc2c1C.Cc1c(N)nnc(Cl)c1C. The molecule has 0 spiro atoms. The van der Waals surface area contributed by atoms with Crippen LogP contribution in [0.25, 0.3) is 5.65 Å². The minimum Gasteiger partial charge on any atom is -0.382 e. The molecule has 3 aromatic rings. The molecule has 0 atom stereocenters. The number of rotatable bonds is 5. The summed E-state index contributed by atoms with van der Waals surface area (Å²) in [5, 5.41) is 13.1. The lowest BCUT2D eigenvalue weighted by Crippen LogP contribution is -2.18. The highest BCUT2D eigenvalue weighted by Crippen LogP contribution is 2.19. The first-order valence-electron chi connectivity index (χ1n) is 9.67. The van der Waals surface area contributed by atoms with Crippen molar-refractivity contribution in [1.82, 2.24) is 24.8 Å². The largest absolute Gasteiger partial charge is 0.382 e. The van der Waals surface area contributed by atoms with Crippen molar-refractivity contribution in [3.63, 3.8) is 0 Å². The van der Waals surface area contributed by atoms with E-state index in [1.54, 1.807) is 16.9 Å². The molecule has 172 valence electrons. The highest BCUT2D eigenvalue weighted by molar-refractivity contribution is 9.09. The molecule has 0 saturated heterocycles. The van der Waals surface area contributed by atoms with Crippen molar-refractivity contribution in [3.8, 4) is 0 Å². The number of nitrogen functional groups attached to an aromatic ring is 1. The normalized spacial score (nSPS) is 10.5. The Bertz CT molecular complexity index is 937. The van der Waals surface area contributed by atoms with Gasteiger partial charge in [0.1, 0.15) is 5.82 Å². The van der Waals surface area contributed by atoms with Gasteiger partial charge in [-0.1, -0.05) is 39.1 Å². The summed E-state index contributed by atoms with van der Waals surface area (Å²) in [5.41, 5.74) is 10.2. The van der Waals surface area contributed by atoms with Crippen LogP contribution in [0.2, 0.25) is 10.3 Å². The van der Waals surface area contributed by atoms with Gasteiger partial charge in [-0.3, -0.25) is 0 Å². The highest BCUT2D eigenvalue weighted by Gasteiger charge is 2.06. The van der Waals surface area contributed by atoms with Gasteiger partial charge in [0, 0.05) is 25.6 Å². The van der Waals surface area contributed by atoms with Crippen molar-refractivity contribution in [2.45, 2.75) is 47.8 Å². The number of fused-ring (bicyclic) bond motifs is 1. The number of aryl methyl sites for hydroxylation is 1. The summed E-state index contributed by atoms with van der Waals surface area (Å²) in [7, 11) is 0. The summed E-state index contributed by atoms with van der Waals surface area (Å²) in [5.74, 6) is 0.446. The van der Waals surface area contributed by atoms with Crippen molar-refractivity contribution < 1.29 is 9.47 Å². The number of anilines is 1. The van der Waals surface area contributed by atoms with Crippen LogP contribution in [-0.4, -0.2) is 49.6 Å². The molecule has 0 amide bonds. The van der Waals surface area contributed by atoms with E-state index in [1.807, 2.05) is 41.5 Å². The predicted molar refractivity (Wildman–Crippen MR) is 129 cm³/mol. The molecule has 0 aliphatic rings. The van der Waals surface area contributed by atoms with E-state index in [2.05, 4.69) is 36.2 Å². The lowest BCUT2D eigenvalue weighted by Gasteiger charge is -2.12. The van der Waals surface area contributed by atoms with Gasteiger partial charge in [-0.15, -0.1) is 10.2 Å². The lowest BCUT2D eigenvalue weighted by atomic mass is 10.2. The minimum atomic E-state index is -0.0694. The summed E-state index contributed by atoms with van der Waals surface area (Å²) in [6.07, 6.45) is 3.43. The number of ether oxygens (including phenoxy) is 2. The van der Waals surface area contributed by atoms with Crippen LogP contribution in [0.5, 0.6) is 0 Å². The smallest absolute Gasteiger partial charge is 0.167 e. The van der Waals surface area contributed by atoms with Crippen LogP contribution in [0.15, 0.2) is 12.4 Å². The zero-order chi connectivity index (χ0) is 23.6. The van der Waals surface area contributed by atoms with Gasteiger partial charge in [0.15, 0.2) is 22.2 Å². The van der Waals surface area contributed by atoms with Crippen molar-refractivity contribution in [3.05, 3.63) is 45.0 Å². The first kappa shape index (κ1) is 27.5. The molecule has 0 radical (unpaired) electrons. The molecule has 11 heteroatoms. The van der Waals surface area contributed by atoms with Crippen molar-refractivity contribution >= 4 is 50.6 Å². The molecule has 2 N–H and O–H groups in total. The number of aromatic nitrogens is 5. The van der Waals surface area contributed by atoms with E-state index < -0.39 is 0 Å². The number of hydrogen-bond acceptors (Lipinski definition) is 7. The van der Waals surface area contributed by atoms with Gasteiger partial charge in [0.25, 0.3) is 0 Å². The first-order valence-corrected chi connectivity index (χ1v) is 11.6. The number of hydrogen-bond donors (Lipinski definition) is 1. The molecule has 8 nitrogen and oxygen atoms in total. The number of imidazole rings is 1. The third-order valence-electron chi connectivity index (χ3n) is 4.36. The summed E-state index contributed by atoms with van der Waals surface area (Å²) in [4.78, 5) is 4.16. The summed E-state index contributed by atoms with van der Waals surface area (Å²) >= 11 is 14.8. The zero-order valence-corrected chi connectivity index (χ0v) is 21.7. The van der Waals surface area contributed by atoms with E-state index >= 15 is 0 Å². The molecular formula is C20H29BrCl2N6O2. The molecule has 0 aliphatic carbocycles. The number of alkyl halides is 1. The van der Waals surface area contributed by atoms with E-state index in [-0.39, 0.29) is 6.29 Å². The second kappa shape index (κ2) is 13.8. The molecule has 0 bridgehead atoms. The standard InChI is InChI=1S/C8H8ClN3.C6H13BrO2.C6H8ClN3/c1-5-6(2)8-10-3-4-12(8)11-7(5)9;1-3-8-6(5-7)9-4-2;1-3-4(2)6(8)10-9-5(3)7/h3-4H,1-2H3;6H,3-5H2,1-2H3;1-2H3,(H2,8,10). The zero-order valence-electron chi connectivity index (χ0n) is 18.6. The van der Waals surface area contributed by atoms with Crippen molar-refractivity contribution in [2.24, 2.45) is 0 Å². The average Bonchev–Trinajstić information content (AvgIpc) is 3.22. The van der Waals surface area contributed by atoms with Crippen molar-refractivity contribution in [2.75, 3.05) is 24.3 Å². The second-order valence-corrected chi connectivity index (χ2v) is 7.72. The Labute approximate surface area is 201 Å². The van der Waals surface area contributed by atoms with Crippen LogP contribution in [0.3, 0.4) is 0 Å². The molecule has 0 aliphatic heterocycles. The van der Waals surface area contributed by atoms with E-state index in [0.717, 1.165) is 33.2 Å². The Hall–Kier alpha value is -1.52. The third-order valence-corrected chi connectivity index (χ3v) is 5.60. The van der Waals surface area contributed by atoms with Gasteiger partial charge in [-0.05, 0) is 63.8 Å². The molecule has 0 saturated carbocycles. The van der Waals surface area contributed by atoms with Crippen LogP contribution in [0.4, 0.5) is 5.82 Å². The Balaban J connectivity index is 0.000000236. The maximum absolute atomic E-state index is 5.89. The Morgan fingerprint density at radius 3 is 2.06 bits per heavy atom. The molecule has 3 aromatic heterocycles. The second-order valence-electron chi connectivity index (χ2n) is 6.36. The van der Waals surface area contributed by atoms with Gasteiger partial charge < -0.3 is 15.2 Å². The van der Waals surface area contributed by atoms with Gasteiger partial charge >= 0.3 is 0 Å². The van der Waals surface area contributed by atoms with Crippen LogP contribution < -0.4 is 5.73 Å². The van der Waals surface area contributed by atoms with Gasteiger partial charge in [-0.25, -0.2) is 9.50 Å².